The first-order valence-electron chi connectivity index (χ1n) is 10.5. The Balaban J connectivity index is 1.74. The standard InChI is InChI=1S/C27H26ClN3O3/c1-5-19(27(32)30-17-18-7-12-24(33-3)25(15-18)34-4)9-11-22(6-2)31-26-23-16-21(28)10-8-20(23)13-14-29-26/h5-16H,1-2,17H2,3-4H3,(H,29,31)(H,30,32)/b19-9+,22-11+. The zero-order chi connectivity index (χ0) is 24.5. The summed E-state index contributed by atoms with van der Waals surface area (Å²) in [4.78, 5) is 17.1. The summed E-state index contributed by atoms with van der Waals surface area (Å²) in [5.74, 6) is 1.60. The summed E-state index contributed by atoms with van der Waals surface area (Å²) in [6.45, 7) is 7.93. The third-order valence-corrected chi connectivity index (χ3v) is 5.27. The fraction of sp³-hybridized carbons (Fsp3) is 0.111. The third kappa shape index (κ3) is 6.05. The predicted molar refractivity (Wildman–Crippen MR) is 138 cm³/mol. The van der Waals surface area contributed by atoms with E-state index in [0.29, 0.717) is 40.2 Å². The van der Waals surface area contributed by atoms with Gasteiger partial charge in [-0.25, -0.2) is 4.98 Å². The molecule has 6 nitrogen and oxygen atoms in total. The van der Waals surface area contributed by atoms with E-state index < -0.39 is 0 Å². The van der Waals surface area contributed by atoms with Gasteiger partial charge in [-0.2, -0.15) is 0 Å². The van der Waals surface area contributed by atoms with E-state index in [1.165, 1.54) is 6.08 Å². The summed E-state index contributed by atoms with van der Waals surface area (Å²) in [5.41, 5.74) is 1.93. The summed E-state index contributed by atoms with van der Waals surface area (Å²) in [5, 5.41) is 8.62. The van der Waals surface area contributed by atoms with Crippen molar-refractivity contribution >= 4 is 34.1 Å². The second kappa shape index (κ2) is 11.7. The van der Waals surface area contributed by atoms with Crippen LogP contribution in [0.25, 0.3) is 10.8 Å². The van der Waals surface area contributed by atoms with E-state index in [2.05, 4.69) is 28.8 Å². The Hall–Kier alpha value is -4.03. The molecule has 1 aromatic heterocycles. The van der Waals surface area contributed by atoms with Crippen molar-refractivity contribution in [3.05, 3.63) is 108 Å². The van der Waals surface area contributed by atoms with Gasteiger partial charge in [0.05, 0.1) is 14.2 Å². The van der Waals surface area contributed by atoms with Gasteiger partial charge in [0.25, 0.3) is 5.91 Å². The molecule has 174 valence electrons. The monoisotopic (exact) mass is 475 g/mol. The van der Waals surface area contributed by atoms with Gasteiger partial charge < -0.3 is 20.1 Å². The van der Waals surface area contributed by atoms with Crippen molar-refractivity contribution in [3.63, 3.8) is 0 Å². The van der Waals surface area contributed by atoms with E-state index in [0.717, 1.165) is 16.3 Å². The molecule has 0 radical (unpaired) electrons. The molecule has 7 heteroatoms. The van der Waals surface area contributed by atoms with Crippen molar-refractivity contribution in [2.75, 3.05) is 19.5 Å². The first kappa shape index (κ1) is 24.6. The number of allylic oxidation sites excluding steroid dienone is 3. The molecule has 0 bridgehead atoms. The maximum absolute atomic E-state index is 12.7. The number of benzene rings is 2. The van der Waals surface area contributed by atoms with Gasteiger partial charge in [-0.1, -0.05) is 43.0 Å². The Bertz CT molecular complexity index is 1280. The predicted octanol–water partition coefficient (Wildman–Crippen LogP) is 5.82. The molecule has 3 rings (SSSR count). The quantitative estimate of drug-likeness (QED) is 0.285. The number of aromatic nitrogens is 1. The zero-order valence-corrected chi connectivity index (χ0v) is 19.9. The average Bonchev–Trinajstić information content (AvgIpc) is 2.86. The van der Waals surface area contributed by atoms with Crippen LogP contribution in [-0.2, 0) is 11.3 Å². The zero-order valence-electron chi connectivity index (χ0n) is 19.1. The van der Waals surface area contributed by atoms with Crippen LogP contribution < -0.4 is 20.1 Å². The van der Waals surface area contributed by atoms with Gasteiger partial charge >= 0.3 is 0 Å². The maximum Gasteiger partial charge on any atom is 0.251 e. The largest absolute Gasteiger partial charge is 0.493 e. The number of anilines is 1. The van der Waals surface area contributed by atoms with Crippen LogP contribution in [-0.4, -0.2) is 25.1 Å². The minimum absolute atomic E-state index is 0.264. The Labute approximate surface area is 204 Å². The van der Waals surface area contributed by atoms with Gasteiger partial charge in [-0.15, -0.1) is 0 Å². The fourth-order valence-electron chi connectivity index (χ4n) is 3.23. The first-order valence-corrected chi connectivity index (χ1v) is 10.8. The number of fused-ring (bicyclic) bond motifs is 1. The maximum atomic E-state index is 12.7. The highest BCUT2D eigenvalue weighted by atomic mass is 35.5. The molecule has 0 fully saturated rings. The van der Waals surface area contributed by atoms with Crippen LogP contribution in [0.2, 0.25) is 5.02 Å². The topological polar surface area (TPSA) is 72.5 Å². The molecule has 3 aromatic rings. The van der Waals surface area contributed by atoms with Crippen molar-refractivity contribution in [2.24, 2.45) is 0 Å². The average molecular weight is 476 g/mol. The number of hydrogen-bond donors (Lipinski definition) is 2. The van der Waals surface area contributed by atoms with E-state index in [4.69, 9.17) is 21.1 Å². The Morgan fingerprint density at radius 3 is 2.53 bits per heavy atom. The van der Waals surface area contributed by atoms with Crippen molar-refractivity contribution in [1.29, 1.82) is 0 Å². The Morgan fingerprint density at radius 2 is 1.82 bits per heavy atom. The molecule has 0 unspecified atom stereocenters. The highest BCUT2D eigenvalue weighted by Gasteiger charge is 2.09. The highest BCUT2D eigenvalue weighted by Crippen LogP contribution is 2.28. The van der Waals surface area contributed by atoms with Crippen molar-refractivity contribution < 1.29 is 14.3 Å². The fourth-order valence-corrected chi connectivity index (χ4v) is 3.40. The molecule has 0 spiro atoms. The van der Waals surface area contributed by atoms with Crippen LogP contribution in [0.4, 0.5) is 5.82 Å². The second-order valence-electron chi connectivity index (χ2n) is 7.17. The van der Waals surface area contributed by atoms with E-state index in [1.54, 1.807) is 44.7 Å². The SMILES string of the molecule is C=C/C(=C\C=C(/C=C)C(=O)NCc1ccc(OC)c(OC)c1)Nc1nccc2ccc(Cl)cc12. The number of nitrogens with zero attached hydrogens (tertiary/aromatic N) is 1. The van der Waals surface area contributed by atoms with Crippen LogP contribution in [0.3, 0.4) is 0 Å². The van der Waals surface area contributed by atoms with Gasteiger partial charge in [0, 0.05) is 34.4 Å². The first-order chi connectivity index (χ1) is 16.5. The molecule has 2 aromatic carbocycles. The van der Waals surface area contributed by atoms with Crippen LogP contribution in [0.15, 0.2) is 97.4 Å². The van der Waals surface area contributed by atoms with E-state index in [9.17, 15) is 4.79 Å². The van der Waals surface area contributed by atoms with Crippen molar-refractivity contribution in [1.82, 2.24) is 10.3 Å². The summed E-state index contributed by atoms with van der Waals surface area (Å²) < 4.78 is 10.6. The van der Waals surface area contributed by atoms with Crippen LogP contribution >= 0.6 is 11.6 Å². The summed E-state index contributed by atoms with van der Waals surface area (Å²) in [6, 6.07) is 13.0. The summed E-state index contributed by atoms with van der Waals surface area (Å²) in [6.07, 6.45) is 8.26. The number of nitrogens with one attached hydrogen (secondary N) is 2. The van der Waals surface area contributed by atoms with Gasteiger partial charge in [0.15, 0.2) is 11.5 Å². The number of carbonyl (C=O) groups is 1. The van der Waals surface area contributed by atoms with Gasteiger partial charge in [-0.3, -0.25) is 4.79 Å². The lowest BCUT2D eigenvalue weighted by atomic mass is 10.1. The summed E-state index contributed by atoms with van der Waals surface area (Å²) in [7, 11) is 3.14. The van der Waals surface area contributed by atoms with Gasteiger partial charge in [0.1, 0.15) is 5.82 Å². The van der Waals surface area contributed by atoms with Gasteiger partial charge in [0.2, 0.25) is 0 Å². The van der Waals surface area contributed by atoms with Crippen LogP contribution in [0.5, 0.6) is 11.5 Å². The number of pyridine rings is 1. The number of hydrogen-bond acceptors (Lipinski definition) is 5. The molecule has 0 saturated heterocycles. The molecule has 0 atom stereocenters. The molecule has 1 amide bonds. The Kier molecular flexibility index (Phi) is 8.48. The summed E-state index contributed by atoms with van der Waals surface area (Å²) >= 11 is 6.15. The number of ether oxygens (including phenoxy) is 2. The van der Waals surface area contributed by atoms with Crippen molar-refractivity contribution in [2.45, 2.75) is 6.54 Å². The lowest BCUT2D eigenvalue weighted by molar-refractivity contribution is -0.117. The van der Waals surface area contributed by atoms with Gasteiger partial charge in [-0.05, 0) is 59.5 Å². The minimum Gasteiger partial charge on any atom is -0.493 e. The number of amides is 1. The van der Waals surface area contributed by atoms with E-state index in [1.807, 2.05) is 36.4 Å². The molecule has 1 heterocycles. The Morgan fingerprint density at radius 1 is 1.03 bits per heavy atom. The van der Waals surface area contributed by atoms with Crippen molar-refractivity contribution in [3.8, 4) is 11.5 Å². The second-order valence-corrected chi connectivity index (χ2v) is 7.61. The molecule has 0 saturated carbocycles. The number of rotatable bonds is 10. The smallest absolute Gasteiger partial charge is 0.251 e. The molecule has 2 N–H and O–H groups in total. The molecular weight excluding hydrogens is 450 g/mol. The molecular formula is C27H26ClN3O3. The molecule has 0 aliphatic carbocycles. The number of halogens is 1. The molecule has 0 aliphatic rings. The lowest BCUT2D eigenvalue weighted by Crippen LogP contribution is -2.23. The van der Waals surface area contributed by atoms with E-state index in [-0.39, 0.29) is 5.91 Å². The van der Waals surface area contributed by atoms with Crippen LogP contribution in [0.1, 0.15) is 5.56 Å². The highest BCUT2D eigenvalue weighted by molar-refractivity contribution is 6.31. The van der Waals surface area contributed by atoms with Crippen LogP contribution in [0, 0.1) is 0 Å². The number of methoxy groups -OCH3 is 2. The third-order valence-electron chi connectivity index (χ3n) is 5.04. The normalized spacial score (nSPS) is 11.6. The minimum atomic E-state index is -0.264. The molecule has 0 aliphatic heterocycles. The van der Waals surface area contributed by atoms with E-state index >= 15 is 0 Å². The number of carbonyl (C=O) groups excluding carboxylic acids is 1. The lowest BCUT2D eigenvalue weighted by Gasteiger charge is -2.11. The molecule has 34 heavy (non-hydrogen) atoms.